The Morgan fingerprint density at radius 3 is 2.29 bits per heavy atom. The van der Waals surface area contributed by atoms with Gasteiger partial charge in [0.1, 0.15) is 17.5 Å². The summed E-state index contributed by atoms with van der Waals surface area (Å²) in [7, 11) is 1.51. The van der Waals surface area contributed by atoms with E-state index in [-0.39, 0.29) is 5.75 Å². The Labute approximate surface area is 160 Å². The number of para-hydroxylation sites is 1. The van der Waals surface area contributed by atoms with Crippen molar-refractivity contribution in [3.63, 3.8) is 0 Å². The van der Waals surface area contributed by atoms with E-state index in [0.717, 1.165) is 4.90 Å². The molecule has 0 aliphatic carbocycles. The summed E-state index contributed by atoms with van der Waals surface area (Å²) in [5.41, 5.74) is 0.740. The predicted octanol–water partition coefficient (Wildman–Crippen LogP) is 1.30. The molecule has 0 unspecified atom stereocenters. The monoisotopic (exact) mass is 382 g/mol. The summed E-state index contributed by atoms with van der Waals surface area (Å²) in [4.78, 5) is 39.0. The first-order valence-electron chi connectivity index (χ1n) is 8.72. The van der Waals surface area contributed by atoms with Gasteiger partial charge in [-0.15, -0.1) is 0 Å². The Bertz CT molecular complexity index is 957. The molecule has 2 fully saturated rings. The number of carbonyl (C=O) groups excluding carboxylic acids is 2. The molecule has 8 nitrogen and oxygen atoms in total. The highest BCUT2D eigenvalue weighted by atomic mass is 16.5. The van der Waals surface area contributed by atoms with Crippen LogP contribution in [0.4, 0.5) is 5.69 Å². The lowest BCUT2D eigenvalue weighted by molar-refractivity contribution is -0.142. The summed E-state index contributed by atoms with van der Waals surface area (Å²) < 4.78 is 5.09. The van der Waals surface area contributed by atoms with Gasteiger partial charge in [-0.1, -0.05) is 18.2 Å². The number of aromatic hydroxyl groups is 1. The van der Waals surface area contributed by atoms with Crippen LogP contribution in [0, 0.1) is 11.8 Å². The summed E-state index contributed by atoms with van der Waals surface area (Å²) in [6, 6.07) is 10.8. The summed E-state index contributed by atoms with van der Waals surface area (Å²) in [5, 5.41) is 22.7. The molecule has 2 aliphatic heterocycles. The van der Waals surface area contributed by atoms with E-state index in [1.54, 1.807) is 42.5 Å². The number of carbonyl (C=O) groups is 3. The first-order valence-corrected chi connectivity index (χ1v) is 8.72. The number of imide groups is 1. The number of benzene rings is 2. The van der Waals surface area contributed by atoms with Crippen molar-refractivity contribution in [2.45, 2.75) is 12.1 Å². The van der Waals surface area contributed by atoms with Crippen molar-refractivity contribution in [2.24, 2.45) is 11.8 Å². The van der Waals surface area contributed by atoms with Crippen molar-refractivity contribution in [3.05, 3.63) is 54.1 Å². The minimum absolute atomic E-state index is 0.0621. The van der Waals surface area contributed by atoms with Crippen LogP contribution < -0.4 is 15.0 Å². The van der Waals surface area contributed by atoms with Crippen molar-refractivity contribution in [2.75, 3.05) is 12.0 Å². The molecule has 0 saturated carbocycles. The van der Waals surface area contributed by atoms with Crippen molar-refractivity contribution in [1.29, 1.82) is 0 Å². The second-order valence-corrected chi connectivity index (χ2v) is 6.78. The maximum Gasteiger partial charge on any atom is 0.321 e. The smallest absolute Gasteiger partial charge is 0.321 e. The van der Waals surface area contributed by atoms with E-state index in [1.165, 1.54) is 13.2 Å². The van der Waals surface area contributed by atoms with Crippen LogP contribution in [-0.2, 0) is 14.4 Å². The number of fused-ring (bicyclic) bond motifs is 1. The van der Waals surface area contributed by atoms with Gasteiger partial charge in [-0.05, 0) is 30.3 Å². The lowest BCUT2D eigenvalue weighted by Crippen LogP contribution is -2.43. The number of nitrogens with one attached hydrogen (secondary N) is 1. The van der Waals surface area contributed by atoms with Crippen LogP contribution >= 0.6 is 0 Å². The molecule has 28 heavy (non-hydrogen) atoms. The number of amides is 2. The van der Waals surface area contributed by atoms with E-state index in [9.17, 15) is 24.6 Å². The first-order chi connectivity index (χ1) is 13.4. The minimum Gasteiger partial charge on any atom is -0.508 e. The third-order valence-corrected chi connectivity index (χ3v) is 5.34. The molecule has 8 heteroatoms. The fraction of sp³-hybridized carbons (Fsp3) is 0.250. The Morgan fingerprint density at radius 1 is 1.04 bits per heavy atom. The van der Waals surface area contributed by atoms with Crippen LogP contribution in [0.5, 0.6) is 11.5 Å². The van der Waals surface area contributed by atoms with Gasteiger partial charge in [0.15, 0.2) is 0 Å². The van der Waals surface area contributed by atoms with E-state index in [0.29, 0.717) is 17.0 Å². The van der Waals surface area contributed by atoms with Gasteiger partial charge in [0.2, 0.25) is 11.8 Å². The molecule has 3 N–H and O–H groups in total. The number of carboxylic acid groups (broad SMARTS) is 1. The SMILES string of the molecule is COc1ccc(N2C(=O)[C@@H]3[C@H](C2=O)[C@@H](c2ccccc2O)N[C@H]3C(=O)O)cc1. The molecule has 2 saturated heterocycles. The number of rotatable bonds is 4. The molecule has 0 radical (unpaired) electrons. The lowest BCUT2D eigenvalue weighted by Gasteiger charge is -2.22. The highest BCUT2D eigenvalue weighted by Crippen LogP contribution is 2.47. The number of nitrogens with zero attached hydrogens (tertiary/aromatic N) is 1. The quantitative estimate of drug-likeness (QED) is 0.683. The van der Waals surface area contributed by atoms with E-state index in [2.05, 4.69) is 5.32 Å². The van der Waals surface area contributed by atoms with E-state index >= 15 is 0 Å². The summed E-state index contributed by atoms with van der Waals surface area (Å²) in [5.74, 6) is -3.76. The average molecular weight is 382 g/mol. The third-order valence-electron chi connectivity index (χ3n) is 5.34. The van der Waals surface area contributed by atoms with Crippen LogP contribution in [0.2, 0.25) is 0 Å². The number of hydrogen-bond donors (Lipinski definition) is 3. The number of methoxy groups -OCH3 is 1. The number of hydrogen-bond acceptors (Lipinski definition) is 6. The van der Waals surface area contributed by atoms with Crippen molar-refractivity contribution in [1.82, 2.24) is 5.32 Å². The van der Waals surface area contributed by atoms with Crippen LogP contribution in [0.1, 0.15) is 11.6 Å². The van der Waals surface area contributed by atoms with Gasteiger partial charge in [0.25, 0.3) is 0 Å². The van der Waals surface area contributed by atoms with Crippen LogP contribution in [0.15, 0.2) is 48.5 Å². The van der Waals surface area contributed by atoms with Crippen LogP contribution in [0.25, 0.3) is 0 Å². The van der Waals surface area contributed by atoms with Crippen molar-refractivity contribution >= 4 is 23.5 Å². The Morgan fingerprint density at radius 2 is 1.68 bits per heavy atom. The summed E-state index contributed by atoms with van der Waals surface area (Å²) in [6.07, 6.45) is 0. The zero-order chi connectivity index (χ0) is 20.0. The molecule has 2 amide bonds. The predicted molar refractivity (Wildman–Crippen MR) is 97.9 cm³/mol. The molecule has 2 aliphatic rings. The molecule has 0 spiro atoms. The average Bonchev–Trinajstić information content (AvgIpc) is 3.20. The molecular weight excluding hydrogens is 364 g/mol. The molecule has 2 heterocycles. The van der Waals surface area contributed by atoms with E-state index < -0.39 is 41.7 Å². The second-order valence-electron chi connectivity index (χ2n) is 6.78. The van der Waals surface area contributed by atoms with Gasteiger partial charge >= 0.3 is 5.97 Å². The molecule has 0 aromatic heterocycles. The van der Waals surface area contributed by atoms with E-state index in [1.807, 2.05) is 0 Å². The van der Waals surface area contributed by atoms with Crippen LogP contribution in [-0.4, -0.2) is 41.1 Å². The minimum atomic E-state index is -1.23. The number of ether oxygens (including phenoxy) is 1. The van der Waals surface area contributed by atoms with Gasteiger partial charge < -0.3 is 14.9 Å². The summed E-state index contributed by atoms with van der Waals surface area (Å²) in [6.45, 7) is 0. The van der Waals surface area contributed by atoms with Gasteiger partial charge in [0.05, 0.1) is 24.6 Å². The number of anilines is 1. The normalized spacial score (nSPS) is 26.4. The van der Waals surface area contributed by atoms with E-state index in [4.69, 9.17) is 4.74 Å². The highest BCUT2D eigenvalue weighted by molar-refractivity contribution is 6.23. The zero-order valence-corrected chi connectivity index (χ0v) is 14.9. The summed E-state index contributed by atoms with van der Waals surface area (Å²) >= 11 is 0. The van der Waals surface area contributed by atoms with Crippen LogP contribution in [0.3, 0.4) is 0 Å². The molecular formula is C20H18N2O6. The zero-order valence-electron chi connectivity index (χ0n) is 14.9. The Kier molecular flexibility index (Phi) is 4.27. The Balaban J connectivity index is 1.76. The van der Waals surface area contributed by atoms with Crippen molar-refractivity contribution < 1.29 is 29.3 Å². The highest BCUT2D eigenvalue weighted by Gasteiger charge is 2.61. The standard InChI is InChI=1S/C20H18N2O6/c1-28-11-8-6-10(7-9-11)22-18(24)14-15(19(22)25)17(20(26)27)21-16(14)12-4-2-3-5-13(12)23/h2-9,14-17,21,23H,1H3,(H,26,27)/t14-,15+,16+,17+/m0/s1. The number of phenolic OH excluding ortho intramolecular Hbond substituents is 1. The molecule has 0 bridgehead atoms. The Hall–Kier alpha value is -3.39. The number of aliphatic carboxylic acids is 1. The second kappa shape index (κ2) is 6.65. The maximum absolute atomic E-state index is 13.2. The third kappa shape index (κ3) is 2.61. The molecule has 2 aromatic rings. The molecule has 2 aromatic carbocycles. The van der Waals surface area contributed by atoms with Gasteiger partial charge in [-0.3, -0.25) is 19.7 Å². The fourth-order valence-corrected chi connectivity index (χ4v) is 4.06. The van der Waals surface area contributed by atoms with Gasteiger partial charge in [0, 0.05) is 11.6 Å². The lowest BCUT2D eigenvalue weighted by atomic mass is 9.86. The van der Waals surface area contributed by atoms with Gasteiger partial charge in [-0.25, -0.2) is 4.90 Å². The number of carboxylic acids is 1. The maximum atomic E-state index is 13.2. The largest absolute Gasteiger partial charge is 0.508 e. The fourth-order valence-electron chi connectivity index (χ4n) is 4.06. The van der Waals surface area contributed by atoms with Gasteiger partial charge in [-0.2, -0.15) is 0 Å². The molecule has 4 rings (SSSR count). The van der Waals surface area contributed by atoms with Crippen molar-refractivity contribution in [3.8, 4) is 11.5 Å². The number of phenols is 1. The molecule has 4 atom stereocenters. The topological polar surface area (TPSA) is 116 Å². The molecule has 144 valence electrons. The first kappa shape index (κ1) is 18.0.